The van der Waals surface area contributed by atoms with E-state index in [1.807, 2.05) is 26.0 Å². The fraction of sp³-hybridized carbons (Fsp3) is 0.174. The molecule has 0 bridgehead atoms. The minimum atomic E-state index is -4.12. The predicted octanol–water partition coefficient (Wildman–Crippen LogP) is 4.22. The lowest BCUT2D eigenvalue weighted by Crippen LogP contribution is -2.30. The van der Waals surface area contributed by atoms with Gasteiger partial charge >= 0.3 is 0 Å². The molecule has 30 heavy (non-hydrogen) atoms. The van der Waals surface area contributed by atoms with Crippen molar-refractivity contribution in [3.63, 3.8) is 0 Å². The van der Waals surface area contributed by atoms with E-state index in [-0.39, 0.29) is 16.3 Å². The third-order valence-corrected chi connectivity index (χ3v) is 7.07. The van der Waals surface area contributed by atoms with Gasteiger partial charge in [-0.15, -0.1) is 0 Å². The van der Waals surface area contributed by atoms with E-state index in [9.17, 15) is 18.3 Å². The maximum absolute atomic E-state index is 13.5. The third kappa shape index (κ3) is 3.41. The van der Waals surface area contributed by atoms with Crippen LogP contribution in [-0.2, 0) is 21.2 Å². The molecule has 6 nitrogen and oxygen atoms in total. The van der Waals surface area contributed by atoms with Gasteiger partial charge in [-0.1, -0.05) is 47.5 Å². The number of rotatable bonds is 5. The molecule has 2 aromatic carbocycles. The van der Waals surface area contributed by atoms with Crippen molar-refractivity contribution >= 4 is 15.7 Å². The number of carbonyl (C=O) groups excluding carboxylic acids is 1. The molecule has 1 aliphatic heterocycles. The normalized spacial score (nSPS) is 17.1. The van der Waals surface area contributed by atoms with Crippen molar-refractivity contribution in [2.45, 2.75) is 31.3 Å². The number of amides is 1. The van der Waals surface area contributed by atoms with Crippen molar-refractivity contribution in [2.24, 2.45) is 0 Å². The Morgan fingerprint density at radius 2 is 1.57 bits per heavy atom. The standard InChI is InChI=1S/C23H21NO5S/c1-15-5-9-17(10-6-15)20-22(30(27,28)19-11-7-16(2)8-12-19)21(25)23(26)24(20)14-18-4-3-13-29-18/h3-13,20,25H,14H2,1-2H3. The van der Waals surface area contributed by atoms with Gasteiger partial charge in [0.15, 0.2) is 5.76 Å². The zero-order valence-corrected chi connectivity index (χ0v) is 17.4. The van der Waals surface area contributed by atoms with Crippen LogP contribution >= 0.6 is 0 Å². The van der Waals surface area contributed by atoms with Gasteiger partial charge in [-0.05, 0) is 43.7 Å². The average molecular weight is 423 g/mol. The van der Waals surface area contributed by atoms with Crippen molar-refractivity contribution < 1.29 is 22.7 Å². The first-order valence-electron chi connectivity index (χ1n) is 9.44. The first kappa shape index (κ1) is 20.0. The van der Waals surface area contributed by atoms with E-state index in [1.54, 1.807) is 36.4 Å². The van der Waals surface area contributed by atoms with Gasteiger partial charge in [0, 0.05) is 0 Å². The molecule has 2 heterocycles. The van der Waals surface area contributed by atoms with Crippen LogP contribution in [0.5, 0.6) is 0 Å². The van der Waals surface area contributed by atoms with E-state index < -0.39 is 27.5 Å². The number of hydrogen-bond acceptors (Lipinski definition) is 5. The van der Waals surface area contributed by atoms with Gasteiger partial charge in [-0.2, -0.15) is 0 Å². The Labute approximate surface area is 175 Å². The summed E-state index contributed by atoms with van der Waals surface area (Å²) in [4.78, 5) is 14.0. The van der Waals surface area contributed by atoms with Gasteiger partial charge in [0.1, 0.15) is 10.7 Å². The maximum atomic E-state index is 13.5. The molecule has 0 aliphatic carbocycles. The minimum Gasteiger partial charge on any atom is -0.502 e. The topological polar surface area (TPSA) is 87.8 Å². The zero-order valence-electron chi connectivity index (χ0n) is 16.6. The molecule has 1 unspecified atom stereocenters. The summed E-state index contributed by atoms with van der Waals surface area (Å²) >= 11 is 0. The molecule has 0 saturated carbocycles. The summed E-state index contributed by atoms with van der Waals surface area (Å²) in [6, 6.07) is 16.0. The van der Waals surface area contributed by atoms with Crippen LogP contribution < -0.4 is 0 Å². The van der Waals surface area contributed by atoms with Crippen LogP contribution in [0.15, 0.2) is 86.9 Å². The van der Waals surface area contributed by atoms with Gasteiger partial charge in [-0.25, -0.2) is 8.42 Å². The summed E-state index contributed by atoms with van der Waals surface area (Å²) in [6.07, 6.45) is 1.48. The second-order valence-corrected chi connectivity index (χ2v) is 9.27. The maximum Gasteiger partial charge on any atom is 0.291 e. The van der Waals surface area contributed by atoms with Gasteiger partial charge in [0.2, 0.25) is 9.84 Å². The molecule has 3 aromatic rings. The highest BCUT2D eigenvalue weighted by molar-refractivity contribution is 7.95. The monoisotopic (exact) mass is 423 g/mol. The Morgan fingerprint density at radius 3 is 2.13 bits per heavy atom. The van der Waals surface area contributed by atoms with Crippen LogP contribution in [0.2, 0.25) is 0 Å². The number of aliphatic hydroxyl groups is 1. The van der Waals surface area contributed by atoms with Crippen molar-refractivity contribution in [1.29, 1.82) is 0 Å². The third-order valence-electron chi connectivity index (χ3n) is 5.18. The molecule has 1 amide bonds. The molecule has 154 valence electrons. The largest absolute Gasteiger partial charge is 0.502 e. The Balaban J connectivity index is 1.86. The molecule has 0 spiro atoms. The molecular formula is C23H21NO5S. The quantitative estimate of drug-likeness (QED) is 0.664. The van der Waals surface area contributed by atoms with E-state index >= 15 is 0 Å². The number of hydrogen-bond donors (Lipinski definition) is 1. The lowest BCUT2D eigenvalue weighted by Gasteiger charge is -2.26. The molecule has 0 radical (unpaired) electrons. The lowest BCUT2D eigenvalue weighted by molar-refractivity contribution is -0.130. The summed E-state index contributed by atoms with van der Waals surface area (Å²) in [7, 11) is -4.12. The van der Waals surface area contributed by atoms with Crippen LogP contribution in [0.25, 0.3) is 0 Å². The Morgan fingerprint density at radius 1 is 0.967 bits per heavy atom. The van der Waals surface area contributed by atoms with Crippen LogP contribution in [0.1, 0.15) is 28.5 Å². The number of furan rings is 1. The number of aryl methyl sites for hydroxylation is 2. The van der Waals surface area contributed by atoms with Gasteiger partial charge in [0.05, 0.1) is 23.7 Å². The summed E-state index contributed by atoms with van der Waals surface area (Å²) in [5.41, 5.74) is 2.50. The van der Waals surface area contributed by atoms with Crippen molar-refractivity contribution in [2.75, 3.05) is 0 Å². The molecule has 7 heteroatoms. The highest BCUT2D eigenvalue weighted by atomic mass is 32.2. The molecule has 4 rings (SSSR count). The number of sulfone groups is 1. The first-order chi connectivity index (χ1) is 14.3. The average Bonchev–Trinajstić information content (AvgIpc) is 3.31. The van der Waals surface area contributed by atoms with E-state index in [1.165, 1.54) is 23.3 Å². The molecule has 1 N–H and O–H groups in total. The molecule has 0 saturated heterocycles. The van der Waals surface area contributed by atoms with Crippen molar-refractivity contribution in [3.8, 4) is 0 Å². The van der Waals surface area contributed by atoms with E-state index in [2.05, 4.69) is 0 Å². The number of aliphatic hydroxyl groups excluding tert-OH is 1. The van der Waals surface area contributed by atoms with Crippen molar-refractivity contribution in [3.05, 3.63) is 100 Å². The predicted molar refractivity (Wildman–Crippen MR) is 111 cm³/mol. The highest BCUT2D eigenvalue weighted by Gasteiger charge is 2.47. The number of benzene rings is 2. The summed E-state index contributed by atoms with van der Waals surface area (Å²) < 4.78 is 32.3. The second kappa shape index (κ2) is 7.50. The van der Waals surface area contributed by atoms with E-state index in [0.717, 1.165) is 11.1 Å². The van der Waals surface area contributed by atoms with Crippen LogP contribution in [0, 0.1) is 13.8 Å². The minimum absolute atomic E-state index is 0.0272. The fourth-order valence-corrected chi connectivity index (χ4v) is 5.21. The van der Waals surface area contributed by atoms with E-state index in [0.29, 0.717) is 11.3 Å². The summed E-state index contributed by atoms with van der Waals surface area (Å²) in [5, 5.41) is 10.7. The lowest BCUT2D eigenvalue weighted by atomic mass is 10.0. The molecule has 1 atom stereocenters. The Bertz CT molecular complexity index is 1210. The van der Waals surface area contributed by atoms with E-state index in [4.69, 9.17) is 4.42 Å². The first-order valence-corrected chi connectivity index (χ1v) is 10.9. The number of nitrogens with zero attached hydrogens (tertiary/aromatic N) is 1. The van der Waals surface area contributed by atoms with Gasteiger partial charge < -0.3 is 14.4 Å². The second-order valence-electron chi connectivity index (χ2n) is 7.35. The van der Waals surface area contributed by atoms with Crippen LogP contribution in [0.4, 0.5) is 0 Å². The smallest absolute Gasteiger partial charge is 0.291 e. The Hall–Kier alpha value is -3.32. The van der Waals surface area contributed by atoms with Crippen LogP contribution in [0.3, 0.4) is 0 Å². The summed E-state index contributed by atoms with van der Waals surface area (Å²) in [5.74, 6) is -1.02. The Kier molecular flexibility index (Phi) is 4.99. The summed E-state index contributed by atoms with van der Waals surface area (Å²) in [6.45, 7) is 3.80. The molecule has 1 aromatic heterocycles. The van der Waals surface area contributed by atoms with Crippen LogP contribution in [-0.4, -0.2) is 24.3 Å². The molecule has 0 fully saturated rings. The fourth-order valence-electron chi connectivity index (χ4n) is 3.56. The molecular weight excluding hydrogens is 402 g/mol. The van der Waals surface area contributed by atoms with Gasteiger partial charge in [-0.3, -0.25) is 4.79 Å². The number of carbonyl (C=O) groups is 1. The molecule has 1 aliphatic rings. The zero-order chi connectivity index (χ0) is 21.5. The highest BCUT2D eigenvalue weighted by Crippen LogP contribution is 2.43. The van der Waals surface area contributed by atoms with Gasteiger partial charge in [0.25, 0.3) is 5.91 Å². The van der Waals surface area contributed by atoms with Crippen molar-refractivity contribution in [1.82, 2.24) is 4.90 Å². The SMILES string of the molecule is Cc1ccc(C2C(S(=O)(=O)c3ccc(C)cc3)=C(O)C(=O)N2Cc2ccco2)cc1.